The van der Waals surface area contributed by atoms with Gasteiger partial charge in [-0.2, -0.15) is 0 Å². The highest BCUT2D eigenvalue weighted by Gasteiger charge is 2.21. The molecule has 0 unspecified atom stereocenters. The monoisotopic (exact) mass is 310 g/mol. The van der Waals surface area contributed by atoms with Crippen LogP contribution < -0.4 is 0 Å². The number of benzene rings is 1. The van der Waals surface area contributed by atoms with Gasteiger partial charge < -0.3 is 9.84 Å². The summed E-state index contributed by atoms with van der Waals surface area (Å²) in [4.78, 5) is 0. The zero-order valence-corrected chi connectivity index (χ0v) is 13.9. The second-order valence-corrected chi connectivity index (χ2v) is 5.58. The number of aliphatic hydroxyl groups is 1. The van der Waals surface area contributed by atoms with E-state index in [1.165, 1.54) is 11.1 Å². The fourth-order valence-electron chi connectivity index (χ4n) is 2.96. The maximum atomic E-state index is 9.19. The van der Waals surface area contributed by atoms with E-state index >= 15 is 0 Å². The molecule has 0 atom stereocenters. The van der Waals surface area contributed by atoms with Crippen LogP contribution in [0.1, 0.15) is 38.2 Å². The Morgan fingerprint density at radius 3 is 2.74 bits per heavy atom. The lowest BCUT2D eigenvalue weighted by molar-refractivity contribution is 0.151. The minimum Gasteiger partial charge on any atom is -0.490 e. The van der Waals surface area contributed by atoms with E-state index in [4.69, 9.17) is 4.74 Å². The Hall–Kier alpha value is -2.06. The third-order valence-corrected chi connectivity index (χ3v) is 3.91. The summed E-state index contributed by atoms with van der Waals surface area (Å²) in [6.45, 7) is 6.37. The Labute approximate surface area is 139 Å². The van der Waals surface area contributed by atoms with Crippen molar-refractivity contribution in [2.24, 2.45) is 0 Å². The molecule has 23 heavy (non-hydrogen) atoms. The van der Waals surface area contributed by atoms with Gasteiger partial charge in [-0.1, -0.05) is 68.5 Å². The highest BCUT2D eigenvalue weighted by molar-refractivity contribution is 5.80. The van der Waals surface area contributed by atoms with Crippen molar-refractivity contribution in [3.05, 3.63) is 77.6 Å². The maximum Gasteiger partial charge on any atom is 0.130 e. The molecule has 0 radical (unpaired) electrons. The predicted molar refractivity (Wildman–Crippen MR) is 96.9 cm³/mol. The summed E-state index contributed by atoms with van der Waals surface area (Å²) in [6, 6.07) is 10.3. The molecule has 1 aromatic rings. The van der Waals surface area contributed by atoms with Crippen LogP contribution in [0.2, 0.25) is 0 Å². The van der Waals surface area contributed by atoms with Crippen LogP contribution in [0.25, 0.3) is 5.57 Å². The predicted octanol–water partition coefficient (Wildman–Crippen LogP) is 5.04. The van der Waals surface area contributed by atoms with Gasteiger partial charge in [-0.15, -0.1) is 0 Å². The zero-order valence-electron chi connectivity index (χ0n) is 13.9. The van der Waals surface area contributed by atoms with Gasteiger partial charge in [0.1, 0.15) is 12.4 Å². The van der Waals surface area contributed by atoms with E-state index in [1.54, 1.807) is 0 Å². The van der Waals surface area contributed by atoms with E-state index in [2.05, 4.69) is 37.8 Å². The quantitative estimate of drug-likeness (QED) is 0.682. The van der Waals surface area contributed by atoms with Crippen LogP contribution >= 0.6 is 0 Å². The molecule has 2 rings (SSSR count). The second kappa shape index (κ2) is 9.16. The minimum absolute atomic E-state index is 0.0210. The molecule has 2 heteroatoms. The molecule has 0 amide bonds. The van der Waals surface area contributed by atoms with Crippen molar-refractivity contribution in [3.63, 3.8) is 0 Å². The van der Waals surface area contributed by atoms with Gasteiger partial charge in [-0.05, 0) is 36.0 Å². The summed E-state index contributed by atoms with van der Waals surface area (Å²) in [6.07, 6.45) is 10.2. The third-order valence-electron chi connectivity index (χ3n) is 3.91. The molecule has 0 saturated carbocycles. The molecule has 0 spiro atoms. The molecule has 0 fully saturated rings. The number of allylic oxidation sites excluding steroid dienone is 6. The smallest absolute Gasteiger partial charge is 0.130 e. The molecule has 122 valence electrons. The Kier molecular flexibility index (Phi) is 6.89. The molecule has 1 aliphatic carbocycles. The normalized spacial score (nSPS) is 15.4. The molecule has 1 aliphatic rings. The Morgan fingerprint density at radius 1 is 1.30 bits per heavy atom. The van der Waals surface area contributed by atoms with Gasteiger partial charge in [-0.3, -0.25) is 0 Å². The first-order chi connectivity index (χ1) is 11.3. The average Bonchev–Trinajstić information content (AvgIpc) is 2.60. The highest BCUT2D eigenvalue weighted by atomic mass is 16.5. The summed E-state index contributed by atoms with van der Waals surface area (Å²) >= 11 is 0. The maximum absolute atomic E-state index is 9.19. The van der Waals surface area contributed by atoms with Crippen LogP contribution in [0.4, 0.5) is 0 Å². The SMILES string of the molecule is C=C/C=C(\CCC)C1=C(OCCO)C(c2ccccc2)=CCC1. The lowest BCUT2D eigenvalue weighted by Crippen LogP contribution is -2.09. The summed E-state index contributed by atoms with van der Waals surface area (Å²) in [5.74, 6) is 0.915. The van der Waals surface area contributed by atoms with Gasteiger partial charge in [0.15, 0.2) is 0 Å². The summed E-state index contributed by atoms with van der Waals surface area (Å²) in [7, 11) is 0. The van der Waals surface area contributed by atoms with Crippen molar-refractivity contribution in [2.75, 3.05) is 13.2 Å². The number of hydrogen-bond acceptors (Lipinski definition) is 2. The molecule has 0 aromatic heterocycles. The zero-order chi connectivity index (χ0) is 16.5. The minimum atomic E-state index is 0.0210. The number of rotatable bonds is 8. The average molecular weight is 310 g/mol. The number of aliphatic hydroxyl groups excluding tert-OH is 1. The van der Waals surface area contributed by atoms with Gasteiger partial charge in [0.2, 0.25) is 0 Å². The first-order valence-electron chi connectivity index (χ1n) is 8.36. The summed E-state index contributed by atoms with van der Waals surface area (Å²) < 4.78 is 5.97. The van der Waals surface area contributed by atoms with E-state index in [0.29, 0.717) is 6.61 Å². The molecule has 0 heterocycles. The molecule has 0 saturated heterocycles. The van der Waals surface area contributed by atoms with Crippen molar-refractivity contribution >= 4 is 5.57 Å². The fraction of sp³-hybridized carbons (Fsp3) is 0.333. The molecular formula is C21H26O2. The van der Waals surface area contributed by atoms with E-state index < -0.39 is 0 Å². The first-order valence-corrected chi connectivity index (χ1v) is 8.36. The first kappa shape index (κ1) is 17.3. The summed E-state index contributed by atoms with van der Waals surface area (Å²) in [5, 5.41) is 9.19. The second-order valence-electron chi connectivity index (χ2n) is 5.58. The van der Waals surface area contributed by atoms with Crippen LogP contribution in [0.5, 0.6) is 0 Å². The van der Waals surface area contributed by atoms with Gasteiger partial charge in [0.05, 0.1) is 6.61 Å². The van der Waals surface area contributed by atoms with Crippen molar-refractivity contribution in [1.82, 2.24) is 0 Å². The third kappa shape index (κ3) is 4.46. The van der Waals surface area contributed by atoms with Gasteiger partial charge in [-0.25, -0.2) is 0 Å². The van der Waals surface area contributed by atoms with Gasteiger partial charge >= 0.3 is 0 Å². The van der Waals surface area contributed by atoms with E-state index in [-0.39, 0.29) is 6.61 Å². The van der Waals surface area contributed by atoms with Crippen LogP contribution in [0, 0.1) is 0 Å². The van der Waals surface area contributed by atoms with Gasteiger partial charge in [0.25, 0.3) is 0 Å². The standard InChI is InChI=1S/C21H26O2/c1-3-9-17(10-4-2)19-13-8-14-20(21(19)23-16-15-22)18-11-6-5-7-12-18/h3,5-7,9,11-12,14,22H,1,4,8,10,13,15-16H2,2H3/b17-9+. The molecule has 1 N–H and O–H groups in total. The van der Waals surface area contributed by atoms with Crippen molar-refractivity contribution < 1.29 is 9.84 Å². The van der Waals surface area contributed by atoms with Crippen LogP contribution in [0.3, 0.4) is 0 Å². The summed E-state index contributed by atoms with van der Waals surface area (Å²) in [5.41, 5.74) is 4.83. The molecular weight excluding hydrogens is 284 g/mol. The van der Waals surface area contributed by atoms with Gasteiger partial charge in [0, 0.05) is 5.57 Å². The molecule has 1 aromatic carbocycles. The Balaban J connectivity index is 2.48. The Morgan fingerprint density at radius 2 is 2.09 bits per heavy atom. The van der Waals surface area contributed by atoms with Crippen molar-refractivity contribution in [2.45, 2.75) is 32.6 Å². The number of hydrogen-bond donors (Lipinski definition) is 1. The largest absolute Gasteiger partial charge is 0.490 e. The van der Waals surface area contributed by atoms with Crippen molar-refractivity contribution in [3.8, 4) is 0 Å². The lowest BCUT2D eigenvalue weighted by atomic mass is 9.87. The van der Waals surface area contributed by atoms with Crippen molar-refractivity contribution in [1.29, 1.82) is 0 Å². The topological polar surface area (TPSA) is 29.5 Å². The molecule has 2 nitrogen and oxygen atoms in total. The molecule has 0 bridgehead atoms. The molecule has 0 aliphatic heterocycles. The van der Waals surface area contributed by atoms with E-state index in [9.17, 15) is 5.11 Å². The van der Waals surface area contributed by atoms with E-state index in [0.717, 1.165) is 42.6 Å². The Bertz CT molecular complexity index is 606. The van der Waals surface area contributed by atoms with Crippen LogP contribution in [-0.4, -0.2) is 18.3 Å². The fourth-order valence-corrected chi connectivity index (χ4v) is 2.96. The lowest BCUT2D eigenvalue weighted by Gasteiger charge is -2.24. The highest BCUT2D eigenvalue weighted by Crippen LogP contribution is 2.37. The van der Waals surface area contributed by atoms with E-state index in [1.807, 2.05) is 24.3 Å². The number of ether oxygens (including phenoxy) is 1. The van der Waals surface area contributed by atoms with Crippen LogP contribution in [-0.2, 0) is 4.74 Å². The van der Waals surface area contributed by atoms with Crippen LogP contribution in [0.15, 0.2) is 72.0 Å².